The highest BCUT2D eigenvalue weighted by Gasteiger charge is 2.27. The first-order chi connectivity index (χ1) is 13.1. The molecule has 2 heterocycles. The summed E-state index contributed by atoms with van der Waals surface area (Å²) in [5, 5.41) is 0. The van der Waals surface area contributed by atoms with Crippen molar-refractivity contribution in [2.24, 2.45) is 5.92 Å². The molecular weight excluding hydrogens is 356 g/mol. The van der Waals surface area contributed by atoms with Crippen LogP contribution in [0.2, 0.25) is 0 Å². The molecule has 144 valence electrons. The van der Waals surface area contributed by atoms with Crippen LogP contribution in [-0.4, -0.2) is 44.1 Å². The number of thiophene rings is 1. The third-order valence-electron chi connectivity index (χ3n) is 5.91. The molecule has 4 nitrogen and oxygen atoms in total. The molecule has 0 unspecified atom stereocenters. The average Bonchev–Trinajstić information content (AvgIpc) is 3.12. The van der Waals surface area contributed by atoms with Crippen molar-refractivity contribution in [2.45, 2.75) is 32.7 Å². The SMILES string of the molecule is COc1ccc(C[NH+]2CCN(C(=O)c3cc4c(s3)CC[C@@H](C)C4)CC2)cc1. The van der Waals surface area contributed by atoms with Crippen LogP contribution >= 0.6 is 11.3 Å². The smallest absolute Gasteiger partial charge is 0.264 e. The van der Waals surface area contributed by atoms with Crippen LogP contribution < -0.4 is 9.64 Å². The number of fused-ring (bicyclic) bond motifs is 1. The third kappa shape index (κ3) is 4.19. The zero-order chi connectivity index (χ0) is 18.8. The summed E-state index contributed by atoms with van der Waals surface area (Å²) in [6, 6.07) is 10.5. The van der Waals surface area contributed by atoms with E-state index >= 15 is 0 Å². The van der Waals surface area contributed by atoms with Gasteiger partial charge in [0.1, 0.15) is 12.3 Å². The van der Waals surface area contributed by atoms with Crippen molar-refractivity contribution in [3.8, 4) is 5.75 Å². The number of aryl methyl sites for hydroxylation is 1. The summed E-state index contributed by atoms with van der Waals surface area (Å²) in [4.78, 5) is 18.9. The van der Waals surface area contributed by atoms with Gasteiger partial charge >= 0.3 is 0 Å². The van der Waals surface area contributed by atoms with E-state index in [-0.39, 0.29) is 5.91 Å². The molecule has 0 bridgehead atoms. The molecule has 27 heavy (non-hydrogen) atoms. The van der Waals surface area contributed by atoms with Gasteiger partial charge in [0.25, 0.3) is 5.91 Å². The molecule has 1 amide bonds. The van der Waals surface area contributed by atoms with Crippen molar-refractivity contribution in [3.05, 3.63) is 51.2 Å². The van der Waals surface area contributed by atoms with Gasteiger partial charge < -0.3 is 14.5 Å². The van der Waals surface area contributed by atoms with Gasteiger partial charge in [-0.3, -0.25) is 4.79 Å². The Balaban J connectivity index is 1.32. The van der Waals surface area contributed by atoms with Crippen molar-refractivity contribution >= 4 is 17.2 Å². The minimum Gasteiger partial charge on any atom is -0.497 e. The predicted octanol–water partition coefficient (Wildman–Crippen LogP) is 2.42. The fourth-order valence-corrected chi connectivity index (χ4v) is 5.38. The number of methoxy groups -OCH3 is 1. The monoisotopic (exact) mass is 385 g/mol. The predicted molar refractivity (Wildman–Crippen MR) is 109 cm³/mol. The Kier molecular flexibility index (Phi) is 5.50. The number of piperazine rings is 1. The Morgan fingerprint density at radius 3 is 2.70 bits per heavy atom. The number of benzene rings is 1. The van der Waals surface area contributed by atoms with E-state index in [1.165, 1.54) is 22.4 Å². The molecule has 5 heteroatoms. The Morgan fingerprint density at radius 2 is 2.00 bits per heavy atom. The van der Waals surface area contributed by atoms with Crippen molar-refractivity contribution in [1.29, 1.82) is 0 Å². The number of ether oxygens (including phenoxy) is 1. The lowest BCUT2D eigenvalue weighted by Gasteiger charge is -2.32. The van der Waals surface area contributed by atoms with E-state index in [4.69, 9.17) is 4.74 Å². The number of carbonyl (C=O) groups is 1. The fourth-order valence-electron chi connectivity index (χ4n) is 4.20. The van der Waals surface area contributed by atoms with E-state index < -0.39 is 0 Å². The highest BCUT2D eigenvalue weighted by atomic mass is 32.1. The van der Waals surface area contributed by atoms with Crippen LogP contribution in [0.3, 0.4) is 0 Å². The number of quaternary nitrogens is 1. The maximum Gasteiger partial charge on any atom is 0.264 e. The van der Waals surface area contributed by atoms with Crippen LogP contribution in [-0.2, 0) is 19.4 Å². The van der Waals surface area contributed by atoms with Gasteiger partial charge in [0.05, 0.1) is 38.2 Å². The molecule has 2 aliphatic rings. The number of amides is 1. The van der Waals surface area contributed by atoms with E-state index in [1.807, 2.05) is 12.1 Å². The third-order valence-corrected chi connectivity index (χ3v) is 7.14. The first-order valence-corrected chi connectivity index (χ1v) is 10.8. The largest absolute Gasteiger partial charge is 0.497 e. The number of nitrogens with zero attached hydrogens (tertiary/aromatic N) is 1. The molecule has 1 saturated heterocycles. The Hall–Kier alpha value is -1.85. The standard InChI is InChI=1S/C22H28N2O2S/c1-16-3-8-20-18(13-16)14-21(27-20)22(25)24-11-9-23(10-12-24)15-17-4-6-19(26-2)7-5-17/h4-7,14,16H,3,8-13,15H2,1-2H3/p+1/t16-/m1/s1. The normalized spacial score (nSPS) is 20.4. The maximum atomic E-state index is 12.9. The molecule has 1 aliphatic carbocycles. The fraction of sp³-hybridized carbons (Fsp3) is 0.500. The second-order valence-corrected chi connectivity index (χ2v) is 9.11. The van der Waals surface area contributed by atoms with Crippen molar-refractivity contribution in [3.63, 3.8) is 0 Å². The topological polar surface area (TPSA) is 34.0 Å². The molecule has 0 saturated carbocycles. The number of hydrogen-bond donors (Lipinski definition) is 1. The lowest BCUT2D eigenvalue weighted by molar-refractivity contribution is -0.917. The quantitative estimate of drug-likeness (QED) is 0.877. The van der Waals surface area contributed by atoms with Crippen LogP contribution in [0.25, 0.3) is 0 Å². The Bertz CT molecular complexity index is 791. The van der Waals surface area contributed by atoms with Crippen LogP contribution in [0.1, 0.15) is 39.0 Å². The van der Waals surface area contributed by atoms with Gasteiger partial charge in [-0.25, -0.2) is 0 Å². The number of rotatable bonds is 4. The molecular formula is C22H29N2O2S+. The van der Waals surface area contributed by atoms with Gasteiger partial charge in [0, 0.05) is 10.4 Å². The van der Waals surface area contributed by atoms with Gasteiger partial charge in [-0.05, 0) is 61.1 Å². The molecule has 1 aromatic carbocycles. The molecule has 1 aliphatic heterocycles. The molecule has 1 N–H and O–H groups in total. The molecule has 0 spiro atoms. The molecule has 1 atom stereocenters. The van der Waals surface area contributed by atoms with Gasteiger partial charge in [-0.1, -0.05) is 6.92 Å². The number of nitrogens with one attached hydrogen (secondary N) is 1. The first kappa shape index (κ1) is 18.5. The van der Waals surface area contributed by atoms with E-state index in [9.17, 15) is 4.79 Å². The van der Waals surface area contributed by atoms with Gasteiger partial charge in [0.15, 0.2) is 0 Å². The van der Waals surface area contributed by atoms with E-state index in [0.29, 0.717) is 0 Å². The minimum atomic E-state index is 0.241. The second kappa shape index (κ2) is 8.03. The van der Waals surface area contributed by atoms with E-state index in [2.05, 4.69) is 30.0 Å². The highest BCUT2D eigenvalue weighted by Crippen LogP contribution is 2.32. The van der Waals surface area contributed by atoms with Crippen LogP contribution in [0.4, 0.5) is 0 Å². The van der Waals surface area contributed by atoms with Crippen molar-refractivity contribution in [2.75, 3.05) is 33.3 Å². The average molecular weight is 386 g/mol. The summed E-state index contributed by atoms with van der Waals surface area (Å²) in [7, 11) is 1.70. The number of carbonyl (C=O) groups excluding carboxylic acids is 1. The van der Waals surface area contributed by atoms with Crippen molar-refractivity contribution in [1.82, 2.24) is 4.90 Å². The van der Waals surface area contributed by atoms with Crippen LogP contribution in [0.5, 0.6) is 5.75 Å². The summed E-state index contributed by atoms with van der Waals surface area (Å²) < 4.78 is 5.23. The van der Waals surface area contributed by atoms with Gasteiger partial charge in [-0.2, -0.15) is 0 Å². The molecule has 4 rings (SSSR count). The Labute approximate surface area is 165 Å². The minimum absolute atomic E-state index is 0.241. The number of hydrogen-bond acceptors (Lipinski definition) is 3. The van der Waals surface area contributed by atoms with Crippen LogP contribution in [0, 0.1) is 5.92 Å². The Morgan fingerprint density at radius 1 is 1.26 bits per heavy atom. The molecule has 2 aromatic rings. The van der Waals surface area contributed by atoms with Crippen LogP contribution in [0.15, 0.2) is 30.3 Å². The summed E-state index contributed by atoms with van der Waals surface area (Å²) >= 11 is 1.74. The lowest BCUT2D eigenvalue weighted by Crippen LogP contribution is -3.13. The zero-order valence-corrected chi connectivity index (χ0v) is 17.1. The summed E-state index contributed by atoms with van der Waals surface area (Å²) in [6.07, 6.45) is 3.54. The highest BCUT2D eigenvalue weighted by molar-refractivity contribution is 7.14. The molecule has 1 aromatic heterocycles. The molecule has 1 fully saturated rings. The first-order valence-electron chi connectivity index (χ1n) is 9.99. The second-order valence-electron chi connectivity index (χ2n) is 7.97. The maximum absolute atomic E-state index is 12.9. The van der Waals surface area contributed by atoms with Gasteiger partial charge in [-0.15, -0.1) is 11.3 Å². The van der Waals surface area contributed by atoms with E-state index in [1.54, 1.807) is 23.3 Å². The van der Waals surface area contributed by atoms with Gasteiger partial charge in [0.2, 0.25) is 0 Å². The summed E-state index contributed by atoms with van der Waals surface area (Å²) in [5.41, 5.74) is 2.75. The van der Waals surface area contributed by atoms with E-state index in [0.717, 1.165) is 62.1 Å². The summed E-state index contributed by atoms with van der Waals surface area (Å²) in [6.45, 7) is 7.05. The van der Waals surface area contributed by atoms with Crippen molar-refractivity contribution < 1.29 is 14.4 Å². The lowest BCUT2D eigenvalue weighted by atomic mass is 9.90. The molecule has 0 radical (unpaired) electrons. The zero-order valence-electron chi connectivity index (χ0n) is 16.3. The summed E-state index contributed by atoms with van der Waals surface area (Å²) in [5.74, 6) is 1.89.